The maximum atomic E-state index is 12.8. The highest BCUT2D eigenvalue weighted by molar-refractivity contribution is 5.94. The first-order valence-corrected chi connectivity index (χ1v) is 10.6. The number of piperidine rings is 1. The third-order valence-electron chi connectivity index (χ3n) is 6.55. The summed E-state index contributed by atoms with van der Waals surface area (Å²) >= 11 is 0. The van der Waals surface area contributed by atoms with E-state index in [1.54, 1.807) is 0 Å². The lowest BCUT2D eigenvalue weighted by molar-refractivity contribution is -0.131. The second-order valence-electron chi connectivity index (χ2n) is 8.25. The minimum absolute atomic E-state index is 0.124. The van der Waals surface area contributed by atoms with Crippen LogP contribution in [0.1, 0.15) is 29.6 Å². The molecule has 0 spiro atoms. The van der Waals surface area contributed by atoms with E-state index in [1.807, 2.05) is 35.2 Å². The van der Waals surface area contributed by atoms with Crippen molar-refractivity contribution in [2.24, 2.45) is 11.8 Å². The van der Waals surface area contributed by atoms with E-state index in [2.05, 4.69) is 9.80 Å². The molecule has 0 saturated carbocycles. The Bertz CT molecular complexity index is 675. The Morgan fingerprint density at radius 3 is 2.50 bits per heavy atom. The zero-order valence-electron chi connectivity index (χ0n) is 16.6. The largest absolute Gasteiger partial charge is 0.379 e. The summed E-state index contributed by atoms with van der Waals surface area (Å²) in [6, 6.07) is 9.54. The number of carbonyl (C=O) groups excluding carboxylic acids is 2. The Morgan fingerprint density at radius 1 is 0.964 bits per heavy atom. The highest BCUT2D eigenvalue weighted by Gasteiger charge is 2.36. The molecule has 0 radical (unpaired) electrons. The first kappa shape index (κ1) is 19.4. The van der Waals surface area contributed by atoms with Gasteiger partial charge in [-0.25, -0.2) is 0 Å². The summed E-state index contributed by atoms with van der Waals surface area (Å²) in [7, 11) is 0. The number of amides is 2. The Labute approximate surface area is 167 Å². The Morgan fingerprint density at radius 2 is 1.71 bits per heavy atom. The highest BCUT2D eigenvalue weighted by Crippen LogP contribution is 2.33. The van der Waals surface area contributed by atoms with Crippen molar-refractivity contribution < 1.29 is 14.3 Å². The van der Waals surface area contributed by atoms with Crippen LogP contribution in [-0.4, -0.2) is 85.5 Å². The number of nitrogens with zero attached hydrogens (tertiary/aromatic N) is 3. The maximum Gasteiger partial charge on any atom is 0.253 e. The number of carbonyl (C=O) groups is 2. The fraction of sp³-hybridized carbons (Fsp3) is 0.636. The van der Waals surface area contributed by atoms with Crippen molar-refractivity contribution in [1.82, 2.24) is 14.7 Å². The van der Waals surface area contributed by atoms with E-state index in [1.165, 1.54) is 0 Å². The van der Waals surface area contributed by atoms with Gasteiger partial charge in [0.2, 0.25) is 5.91 Å². The minimum Gasteiger partial charge on any atom is -0.379 e. The topological polar surface area (TPSA) is 53.1 Å². The van der Waals surface area contributed by atoms with Crippen molar-refractivity contribution in [2.45, 2.75) is 19.3 Å². The molecule has 0 unspecified atom stereocenters. The van der Waals surface area contributed by atoms with E-state index in [0.717, 1.165) is 77.4 Å². The standard InChI is InChI=1S/C22H31N3O3/c26-21-16-19-6-9-25(22(27)18-4-2-1-3-5-18)17-20(19)7-8-24(21)11-10-23-12-14-28-15-13-23/h1-5,19-20H,6-17H2/t19-,20+/m1/s1. The van der Waals surface area contributed by atoms with Crippen LogP contribution in [0.2, 0.25) is 0 Å². The summed E-state index contributed by atoms with van der Waals surface area (Å²) in [5, 5.41) is 0. The van der Waals surface area contributed by atoms with Crippen LogP contribution in [0, 0.1) is 11.8 Å². The molecule has 28 heavy (non-hydrogen) atoms. The van der Waals surface area contributed by atoms with Gasteiger partial charge < -0.3 is 14.5 Å². The van der Waals surface area contributed by atoms with Gasteiger partial charge in [-0.1, -0.05) is 18.2 Å². The van der Waals surface area contributed by atoms with E-state index in [-0.39, 0.29) is 5.91 Å². The van der Waals surface area contributed by atoms with Gasteiger partial charge >= 0.3 is 0 Å². The molecule has 1 aromatic carbocycles. The molecule has 3 saturated heterocycles. The summed E-state index contributed by atoms with van der Waals surface area (Å²) in [6.45, 7) is 7.62. The molecule has 0 aromatic heterocycles. The van der Waals surface area contributed by atoms with Crippen molar-refractivity contribution in [2.75, 3.05) is 59.0 Å². The molecular formula is C22H31N3O3. The first-order chi connectivity index (χ1) is 13.7. The van der Waals surface area contributed by atoms with Gasteiger partial charge in [0.15, 0.2) is 0 Å². The van der Waals surface area contributed by atoms with Gasteiger partial charge in [0.25, 0.3) is 5.91 Å². The van der Waals surface area contributed by atoms with E-state index >= 15 is 0 Å². The lowest BCUT2D eigenvalue weighted by Crippen LogP contribution is -2.43. The maximum absolute atomic E-state index is 12.8. The van der Waals surface area contributed by atoms with Crippen LogP contribution in [0.15, 0.2) is 30.3 Å². The van der Waals surface area contributed by atoms with Gasteiger partial charge in [-0.05, 0) is 36.8 Å². The number of ether oxygens (including phenoxy) is 1. The molecule has 0 bridgehead atoms. The number of benzene rings is 1. The van der Waals surface area contributed by atoms with Crippen molar-refractivity contribution in [3.63, 3.8) is 0 Å². The fourth-order valence-electron chi connectivity index (χ4n) is 4.75. The molecule has 2 atom stereocenters. The van der Waals surface area contributed by atoms with Crippen LogP contribution < -0.4 is 0 Å². The lowest BCUT2D eigenvalue weighted by atomic mass is 9.82. The molecule has 0 N–H and O–H groups in total. The second-order valence-corrected chi connectivity index (χ2v) is 8.25. The van der Waals surface area contributed by atoms with E-state index in [4.69, 9.17) is 4.74 Å². The molecule has 0 aliphatic carbocycles. The van der Waals surface area contributed by atoms with Crippen LogP contribution in [0.4, 0.5) is 0 Å². The highest BCUT2D eigenvalue weighted by atomic mass is 16.5. The van der Waals surface area contributed by atoms with E-state index < -0.39 is 0 Å². The average molecular weight is 386 g/mol. The number of rotatable bonds is 4. The molecule has 3 aliphatic rings. The molecule has 2 amide bonds. The van der Waals surface area contributed by atoms with Crippen LogP contribution in [0.3, 0.4) is 0 Å². The SMILES string of the molecule is O=C1C[C@H]2CCN(C(=O)c3ccccc3)C[C@@H]2CCN1CCN1CCOCC1. The van der Waals surface area contributed by atoms with Crippen molar-refractivity contribution in [3.8, 4) is 0 Å². The molecule has 152 valence electrons. The number of hydrogen-bond donors (Lipinski definition) is 0. The van der Waals surface area contributed by atoms with Crippen LogP contribution in [0.5, 0.6) is 0 Å². The van der Waals surface area contributed by atoms with Crippen LogP contribution in [0.25, 0.3) is 0 Å². The van der Waals surface area contributed by atoms with Gasteiger partial charge in [0, 0.05) is 57.8 Å². The summed E-state index contributed by atoms with van der Waals surface area (Å²) in [6.07, 6.45) is 2.57. The zero-order valence-corrected chi connectivity index (χ0v) is 16.6. The summed E-state index contributed by atoms with van der Waals surface area (Å²) in [5.41, 5.74) is 0.762. The summed E-state index contributed by atoms with van der Waals surface area (Å²) in [5.74, 6) is 1.27. The average Bonchev–Trinajstić information content (AvgIpc) is 2.90. The fourth-order valence-corrected chi connectivity index (χ4v) is 4.75. The molecule has 4 rings (SSSR count). The molecule has 3 fully saturated rings. The van der Waals surface area contributed by atoms with E-state index in [9.17, 15) is 9.59 Å². The zero-order chi connectivity index (χ0) is 19.3. The lowest BCUT2D eigenvalue weighted by Gasteiger charge is -2.37. The molecule has 1 aromatic rings. The quantitative estimate of drug-likeness (QED) is 0.792. The predicted octanol–water partition coefficient (Wildman–Crippen LogP) is 1.72. The number of morpholine rings is 1. The van der Waals surface area contributed by atoms with Gasteiger partial charge in [0.05, 0.1) is 13.2 Å². The van der Waals surface area contributed by atoms with Crippen LogP contribution >= 0.6 is 0 Å². The number of hydrogen-bond acceptors (Lipinski definition) is 4. The third-order valence-corrected chi connectivity index (χ3v) is 6.55. The minimum atomic E-state index is 0.124. The molecule has 3 aliphatic heterocycles. The van der Waals surface area contributed by atoms with Crippen molar-refractivity contribution in [3.05, 3.63) is 35.9 Å². The van der Waals surface area contributed by atoms with Gasteiger partial charge in [-0.2, -0.15) is 0 Å². The van der Waals surface area contributed by atoms with Gasteiger partial charge in [-0.15, -0.1) is 0 Å². The van der Waals surface area contributed by atoms with Crippen LogP contribution in [-0.2, 0) is 9.53 Å². The van der Waals surface area contributed by atoms with Gasteiger partial charge in [0.1, 0.15) is 0 Å². The monoisotopic (exact) mass is 385 g/mol. The number of likely N-dealkylation sites (tertiary alicyclic amines) is 2. The Balaban J connectivity index is 1.32. The van der Waals surface area contributed by atoms with Crippen molar-refractivity contribution in [1.29, 1.82) is 0 Å². The molecule has 6 heteroatoms. The first-order valence-electron chi connectivity index (χ1n) is 10.6. The predicted molar refractivity (Wildman–Crippen MR) is 107 cm³/mol. The second kappa shape index (κ2) is 9.05. The Kier molecular flexibility index (Phi) is 6.27. The number of fused-ring (bicyclic) bond motifs is 1. The molecule has 6 nitrogen and oxygen atoms in total. The Hall–Kier alpha value is -1.92. The summed E-state index contributed by atoms with van der Waals surface area (Å²) < 4.78 is 5.40. The van der Waals surface area contributed by atoms with Crippen molar-refractivity contribution >= 4 is 11.8 Å². The third kappa shape index (κ3) is 4.55. The summed E-state index contributed by atoms with van der Waals surface area (Å²) in [4.78, 5) is 32.0. The molecular weight excluding hydrogens is 354 g/mol. The normalized spacial score (nSPS) is 26.6. The smallest absolute Gasteiger partial charge is 0.253 e. The molecule has 3 heterocycles. The van der Waals surface area contributed by atoms with E-state index in [0.29, 0.717) is 24.2 Å². The van der Waals surface area contributed by atoms with Gasteiger partial charge in [-0.3, -0.25) is 14.5 Å².